The Bertz CT molecular complexity index is 459. The molecule has 0 bridgehead atoms. The van der Waals surface area contributed by atoms with Gasteiger partial charge in [0, 0.05) is 12.6 Å². The maximum absolute atomic E-state index is 12.2. The molecular formula is C17H27N3O2. The van der Waals surface area contributed by atoms with E-state index in [4.69, 9.17) is 5.26 Å². The van der Waals surface area contributed by atoms with Crippen LogP contribution in [0.3, 0.4) is 0 Å². The molecule has 122 valence electrons. The van der Waals surface area contributed by atoms with Crippen molar-refractivity contribution in [1.82, 2.24) is 10.2 Å². The van der Waals surface area contributed by atoms with Gasteiger partial charge in [-0.1, -0.05) is 6.92 Å². The van der Waals surface area contributed by atoms with Gasteiger partial charge in [0.05, 0.1) is 18.2 Å². The van der Waals surface area contributed by atoms with Gasteiger partial charge in [0.25, 0.3) is 0 Å². The number of nitriles is 1. The van der Waals surface area contributed by atoms with E-state index >= 15 is 0 Å². The summed E-state index contributed by atoms with van der Waals surface area (Å²) in [6, 6.07) is 2.39. The van der Waals surface area contributed by atoms with E-state index in [1.165, 1.54) is 0 Å². The minimum atomic E-state index is -0.439. The van der Waals surface area contributed by atoms with Crippen LogP contribution < -0.4 is 5.32 Å². The third-order valence-corrected chi connectivity index (χ3v) is 6.05. The first-order valence-electron chi connectivity index (χ1n) is 8.69. The average Bonchev–Trinajstić information content (AvgIpc) is 3.17. The standard InChI is InChI=1S/C17H27N3O2/c1-2-17(22)8-12-6-14(7-13(12)9-17)19-11-16(21)20-5-3-4-15(20)10-18/h12-15,19,22H,2-9,11H2,1H3/t12-,13+,14?,15-,17-/m0/s1. The Balaban J connectivity index is 1.45. The van der Waals surface area contributed by atoms with Crippen molar-refractivity contribution in [1.29, 1.82) is 5.26 Å². The second-order valence-electron chi connectivity index (χ2n) is 7.43. The van der Waals surface area contributed by atoms with Gasteiger partial charge in [0.1, 0.15) is 6.04 Å². The van der Waals surface area contributed by atoms with Crippen molar-refractivity contribution in [2.45, 2.75) is 69.6 Å². The van der Waals surface area contributed by atoms with Gasteiger partial charge < -0.3 is 15.3 Å². The summed E-state index contributed by atoms with van der Waals surface area (Å²) in [7, 11) is 0. The van der Waals surface area contributed by atoms with Crippen molar-refractivity contribution in [3.63, 3.8) is 0 Å². The maximum Gasteiger partial charge on any atom is 0.237 e. The highest BCUT2D eigenvalue weighted by molar-refractivity contribution is 5.79. The van der Waals surface area contributed by atoms with Crippen LogP contribution in [0.4, 0.5) is 0 Å². The van der Waals surface area contributed by atoms with E-state index in [1.807, 2.05) is 0 Å². The van der Waals surface area contributed by atoms with E-state index in [0.717, 1.165) is 51.5 Å². The molecule has 0 aromatic carbocycles. The van der Waals surface area contributed by atoms with Gasteiger partial charge in [-0.05, 0) is 56.8 Å². The van der Waals surface area contributed by atoms with Crippen LogP contribution in [0.1, 0.15) is 51.9 Å². The largest absolute Gasteiger partial charge is 0.390 e. The van der Waals surface area contributed by atoms with E-state index in [9.17, 15) is 9.90 Å². The number of hydrogen-bond donors (Lipinski definition) is 2. The number of nitrogens with zero attached hydrogens (tertiary/aromatic N) is 2. The Kier molecular flexibility index (Phi) is 4.42. The van der Waals surface area contributed by atoms with Crippen LogP contribution in [-0.4, -0.2) is 46.7 Å². The minimum absolute atomic E-state index is 0.0613. The Morgan fingerprint density at radius 3 is 2.68 bits per heavy atom. The first-order valence-corrected chi connectivity index (χ1v) is 8.69. The van der Waals surface area contributed by atoms with Crippen molar-refractivity contribution in [3.05, 3.63) is 0 Å². The Morgan fingerprint density at radius 1 is 1.41 bits per heavy atom. The lowest BCUT2D eigenvalue weighted by molar-refractivity contribution is -0.130. The van der Waals surface area contributed by atoms with Gasteiger partial charge in [-0.25, -0.2) is 0 Å². The molecule has 5 heteroatoms. The first-order chi connectivity index (χ1) is 10.5. The van der Waals surface area contributed by atoms with E-state index in [0.29, 0.717) is 24.4 Å². The van der Waals surface area contributed by atoms with Crippen LogP contribution >= 0.6 is 0 Å². The lowest BCUT2D eigenvalue weighted by Gasteiger charge is -2.24. The van der Waals surface area contributed by atoms with Gasteiger partial charge in [0.15, 0.2) is 0 Å². The molecular weight excluding hydrogens is 278 g/mol. The summed E-state index contributed by atoms with van der Waals surface area (Å²) in [5.41, 5.74) is -0.439. The van der Waals surface area contributed by atoms with Crippen molar-refractivity contribution < 1.29 is 9.90 Å². The van der Waals surface area contributed by atoms with Crippen molar-refractivity contribution in [2.24, 2.45) is 11.8 Å². The molecule has 1 saturated heterocycles. The lowest BCUT2D eigenvalue weighted by Crippen LogP contribution is -2.43. The third-order valence-electron chi connectivity index (χ3n) is 6.05. The van der Waals surface area contributed by atoms with Gasteiger partial charge in [-0.15, -0.1) is 0 Å². The molecule has 2 aliphatic carbocycles. The zero-order chi connectivity index (χ0) is 15.7. The molecule has 3 aliphatic rings. The summed E-state index contributed by atoms with van der Waals surface area (Å²) >= 11 is 0. The van der Waals surface area contributed by atoms with Crippen LogP contribution in [0.5, 0.6) is 0 Å². The summed E-state index contributed by atoms with van der Waals surface area (Å²) < 4.78 is 0. The predicted molar refractivity (Wildman–Crippen MR) is 82.8 cm³/mol. The highest BCUT2D eigenvalue weighted by atomic mass is 16.3. The molecule has 3 rings (SSSR count). The van der Waals surface area contributed by atoms with Crippen LogP contribution in [0.15, 0.2) is 0 Å². The number of carbonyl (C=O) groups excluding carboxylic acids is 1. The van der Waals surface area contributed by atoms with Crippen molar-refractivity contribution in [3.8, 4) is 6.07 Å². The number of fused-ring (bicyclic) bond motifs is 1. The van der Waals surface area contributed by atoms with Crippen molar-refractivity contribution >= 4 is 5.91 Å². The molecule has 0 spiro atoms. The highest BCUT2D eigenvalue weighted by Crippen LogP contribution is 2.49. The van der Waals surface area contributed by atoms with E-state index in [-0.39, 0.29) is 11.9 Å². The first kappa shape index (κ1) is 15.8. The number of rotatable bonds is 4. The molecule has 5 nitrogen and oxygen atoms in total. The summed E-state index contributed by atoms with van der Waals surface area (Å²) in [5.74, 6) is 1.28. The topological polar surface area (TPSA) is 76.4 Å². The van der Waals surface area contributed by atoms with Gasteiger partial charge in [-0.2, -0.15) is 5.26 Å². The molecule has 2 saturated carbocycles. The van der Waals surface area contributed by atoms with Crippen LogP contribution in [-0.2, 0) is 4.79 Å². The van der Waals surface area contributed by atoms with Crippen molar-refractivity contribution in [2.75, 3.05) is 13.1 Å². The van der Waals surface area contributed by atoms with Crippen LogP contribution in [0.2, 0.25) is 0 Å². The number of likely N-dealkylation sites (tertiary alicyclic amines) is 1. The molecule has 22 heavy (non-hydrogen) atoms. The Labute approximate surface area is 132 Å². The maximum atomic E-state index is 12.2. The van der Waals surface area contributed by atoms with Gasteiger partial charge in [-0.3, -0.25) is 4.79 Å². The third kappa shape index (κ3) is 3.00. The molecule has 1 heterocycles. The monoisotopic (exact) mass is 305 g/mol. The average molecular weight is 305 g/mol. The highest BCUT2D eigenvalue weighted by Gasteiger charge is 2.47. The molecule has 1 aliphatic heterocycles. The molecule has 1 amide bonds. The summed E-state index contributed by atoms with van der Waals surface area (Å²) in [4.78, 5) is 14.0. The normalized spacial score (nSPS) is 40.7. The van der Waals surface area contributed by atoms with Crippen LogP contribution in [0, 0.1) is 23.2 Å². The molecule has 2 N–H and O–H groups in total. The second kappa shape index (κ2) is 6.17. The number of amides is 1. The summed E-state index contributed by atoms with van der Waals surface area (Å²) in [5, 5.41) is 22.9. The van der Waals surface area contributed by atoms with Gasteiger partial charge >= 0.3 is 0 Å². The predicted octanol–water partition coefficient (Wildman–Crippen LogP) is 1.42. The summed E-state index contributed by atoms with van der Waals surface area (Å²) in [6.07, 6.45) is 6.58. The number of hydrogen-bond acceptors (Lipinski definition) is 4. The molecule has 3 fully saturated rings. The summed E-state index contributed by atoms with van der Waals surface area (Å²) in [6.45, 7) is 3.13. The fourth-order valence-corrected chi connectivity index (χ4v) is 4.76. The zero-order valence-electron chi connectivity index (χ0n) is 13.4. The zero-order valence-corrected chi connectivity index (χ0v) is 13.4. The van der Waals surface area contributed by atoms with E-state index in [1.54, 1.807) is 4.90 Å². The van der Waals surface area contributed by atoms with E-state index in [2.05, 4.69) is 18.3 Å². The Morgan fingerprint density at radius 2 is 2.09 bits per heavy atom. The molecule has 0 aromatic heterocycles. The second-order valence-corrected chi connectivity index (χ2v) is 7.43. The fourth-order valence-electron chi connectivity index (χ4n) is 4.76. The number of aliphatic hydroxyl groups is 1. The van der Waals surface area contributed by atoms with Gasteiger partial charge in [0.2, 0.25) is 5.91 Å². The SMILES string of the molecule is CC[C@@]1(O)C[C@H]2CC(NCC(=O)N3CCC[C@H]3C#N)C[C@H]2C1. The quantitative estimate of drug-likeness (QED) is 0.823. The lowest BCUT2D eigenvalue weighted by atomic mass is 9.94. The van der Waals surface area contributed by atoms with E-state index < -0.39 is 5.60 Å². The number of nitrogens with one attached hydrogen (secondary N) is 1. The minimum Gasteiger partial charge on any atom is -0.390 e. The Hall–Kier alpha value is -1.12. The smallest absolute Gasteiger partial charge is 0.237 e. The molecule has 0 radical (unpaired) electrons. The number of carbonyl (C=O) groups is 1. The molecule has 0 aromatic rings. The molecule has 5 atom stereocenters. The fraction of sp³-hybridized carbons (Fsp3) is 0.882. The molecule has 1 unspecified atom stereocenters. The van der Waals surface area contributed by atoms with Crippen LogP contribution in [0.25, 0.3) is 0 Å².